The Hall–Kier alpha value is -3.39. The van der Waals surface area contributed by atoms with Crippen LogP contribution in [0.2, 0.25) is 0 Å². The Bertz CT molecular complexity index is 1020. The molecule has 0 heterocycles. The minimum absolute atomic E-state index is 0.327. The Morgan fingerprint density at radius 1 is 0.769 bits per heavy atom. The van der Waals surface area contributed by atoms with E-state index in [0.717, 1.165) is 5.69 Å². The highest BCUT2D eigenvalue weighted by molar-refractivity contribution is 7.92. The molecule has 0 saturated carbocycles. The van der Waals surface area contributed by atoms with E-state index in [1.807, 2.05) is 18.2 Å². The summed E-state index contributed by atoms with van der Waals surface area (Å²) < 4.78 is 27.5. The first-order chi connectivity index (χ1) is 12.5. The van der Waals surface area contributed by atoms with Crippen molar-refractivity contribution in [3.8, 4) is 0 Å². The van der Waals surface area contributed by atoms with Crippen molar-refractivity contribution in [1.29, 1.82) is 0 Å². The SMILES string of the molecule is O=[N+]([O-])c1cc(Nc2ccccc2)ccc1S(=O)(=O)Nc1ccccc1. The van der Waals surface area contributed by atoms with Crippen LogP contribution in [0, 0.1) is 10.1 Å². The van der Waals surface area contributed by atoms with Gasteiger partial charge in [-0.25, -0.2) is 8.42 Å². The highest BCUT2D eigenvalue weighted by Gasteiger charge is 2.26. The highest BCUT2D eigenvalue weighted by Crippen LogP contribution is 2.30. The van der Waals surface area contributed by atoms with Gasteiger partial charge in [-0.1, -0.05) is 36.4 Å². The van der Waals surface area contributed by atoms with Crippen LogP contribution in [-0.4, -0.2) is 13.3 Å². The zero-order valence-corrected chi connectivity index (χ0v) is 14.3. The lowest BCUT2D eigenvalue weighted by atomic mass is 10.2. The molecule has 0 unspecified atom stereocenters. The second-order valence-electron chi connectivity index (χ2n) is 5.40. The summed E-state index contributed by atoms with van der Waals surface area (Å²) in [6.45, 7) is 0. The van der Waals surface area contributed by atoms with Gasteiger partial charge in [0.1, 0.15) is 0 Å². The molecular weight excluding hydrogens is 354 g/mol. The summed E-state index contributed by atoms with van der Waals surface area (Å²) in [6.07, 6.45) is 0. The normalized spacial score (nSPS) is 10.9. The second kappa shape index (κ2) is 7.24. The van der Waals surface area contributed by atoms with E-state index in [-0.39, 0.29) is 0 Å². The molecule has 26 heavy (non-hydrogen) atoms. The lowest BCUT2D eigenvalue weighted by Crippen LogP contribution is -2.14. The van der Waals surface area contributed by atoms with Crippen molar-refractivity contribution >= 4 is 32.8 Å². The zero-order valence-electron chi connectivity index (χ0n) is 13.5. The fourth-order valence-electron chi connectivity index (χ4n) is 2.37. The number of nitrogens with one attached hydrogen (secondary N) is 2. The molecule has 0 aromatic heterocycles. The van der Waals surface area contributed by atoms with Crippen LogP contribution in [0.25, 0.3) is 0 Å². The van der Waals surface area contributed by atoms with Crippen molar-refractivity contribution in [2.24, 2.45) is 0 Å². The summed E-state index contributed by atoms with van der Waals surface area (Å²) in [7, 11) is -4.10. The van der Waals surface area contributed by atoms with Crippen LogP contribution in [0.1, 0.15) is 0 Å². The predicted molar refractivity (Wildman–Crippen MR) is 100 cm³/mol. The molecule has 0 fully saturated rings. The molecule has 0 atom stereocenters. The van der Waals surface area contributed by atoms with Crippen molar-refractivity contribution in [1.82, 2.24) is 0 Å². The van der Waals surface area contributed by atoms with Gasteiger partial charge in [-0.15, -0.1) is 0 Å². The topological polar surface area (TPSA) is 101 Å². The monoisotopic (exact) mass is 369 g/mol. The molecule has 0 amide bonds. The molecule has 0 aliphatic carbocycles. The minimum atomic E-state index is -4.10. The summed E-state index contributed by atoms with van der Waals surface area (Å²) in [4.78, 5) is 10.3. The van der Waals surface area contributed by atoms with E-state index in [4.69, 9.17) is 0 Å². The number of hydrogen-bond acceptors (Lipinski definition) is 5. The van der Waals surface area contributed by atoms with Crippen LogP contribution in [-0.2, 0) is 10.0 Å². The zero-order chi connectivity index (χ0) is 18.6. The third-order valence-electron chi connectivity index (χ3n) is 3.53. The third-order valence-corrected chi connectivity index (χ3v) is 4.96. The predicted octanol–water partition coefficient (Wildman–Crippen LogP) is 4.14. The van der Waals surface area contributed by atoms with E-state index < -0.39 is 25.5 Å². The Morgan fingerprint density at radius 3 is 1.92 bits per heavy atom. The quantitative estimate of drug-likeness (QED) is 0.502. The first-order valence-electron chi connectivity index (χ1n) is 7.64. The number of nitro benzene ring substituents is 1. The molecule has 0 aliphatic rings. The number of benzene rings is 3. The summed E-state index contributed by atoms with van der Waals surface area (Å²) in [5.41, 5.74) is 0.976. The van der Waals surface area contributed by atoms with Crippen molar-refractivity contribution < 1.29 is 13.3 Å². The minimum Gasteiger partial charge on any atom is -0.355 e. The molecule has 0 spiro atoms. The molecule has 0 saturated heterocycles. The van der Waals surface area contributed by atoms with Crippen LogP contribution in [0.4, 0.5) is 22.7 Å². The Balaban J connectivity index is 1.95. The van der Waals surface area contributed by atoms with Crippen LogP contribution >= 0.6 is 0 Å². The van der Waals surface area contributed by atoms with Crippen LogP contribution in [0.3, 0.4) is 0 Å². The van der Waals surface area contributed by atoms with E-state index in [1.54, 1.807) is 42.5 Å². The van der Waals surface area contributed by atoms with Crippen molar-refractivity contribution in [3.63, 3.8) is 0 Å². The van der Waals surface area contributed by atoms with E-state index in [0.29, 0.717) is 11.4 Å². The van der Waals surface area contributed by atoms with Gasteiger partial charge in [0.15, 0.2) is 4.90 Å². The molecular formula is C18H15N3O4S. The van der Waals surface area contributed by atoms with Gasteiger partial charge in [-0.05, 0) is 36.4 Å². The summed E-state index contributed by atoms with van der Waals surface area (Å²) >= 11 is 0. The summed E-state index contributed by atoms with van der Waals surface area (Å²) in [5, 5.41) is 14.4. The Labute approximate surface area is 150 Å². The molecule has 0 bridgehead atoms. The molecule has 7 nitrogen and oxygen atoms in total. The molecule has 0 radical (unpaired) electrons. The highest BCUT2D eigenvalue weighted by atomic mass is 32.2. The van der Waals surface area contributed by atoms with Gasteiger partial charge < -0.3 is 5.32 Å². The molecule has 3 aromatic rings. The molecule has 0 aliphatic heterocycles. The Morgan fingerprint density at radius 2 is 1.35 bits per heavy atom. The van der Waals surface area contributed by atoms with Gasteiger partial charge >= 0.3 is 0 Å². The molecule has 3 rings (SSSR count). The fourth-order valence-corrected chi connectivity index (χ4v) is 3.58. The third kappa shape index (κ3) is 3.98. The maximum absolute atomic E-state index is 12.6. The van der Waals surface area contributed by atoms with Crippen molar-refractivity contribution in [2.75, 3.05) is 10.0 Å². The maximum atomic E-state index is 12.6. The van der Waals surface area contributed by atoms with Gasteiger partial charge in [0.05, 0.1) is 4.92 Å². The smallest absolute Gasteiger partial charge is 0.291 e. The summed E-state index contributed by atoms with van der Waals surface area (Å²) in [5.74, 6) is 0. The van der Waals surface area contributed by atoms with E-state index in [9.17, 15) is 18.5 Å². The van der Waals surface area contributed by atoms with Crippen LogP contribution < -0.4 is 10.0 Å². The average molecular weight is 369 g/mol. The van der Waals surface area contributed by atoms with Crippen molar-refractivity contribution in [2.45, 2.75) is 4.90 Å². The largest absolute Gasteiger partial charge is 0.355 e. The maximum Gasteiger partial charge on any atom is 0.291 e. The van der Waals surface area contributed by atoms with Gasteiger partial charge in [-0.2, -0.15) is 0 Å². The number of rotatable bonds is 6. The lowest BCUT2D eigenvalue weighted by Gasteiger charge is -2.11. The molecule has 8 heteroatoms. The number of nitro groups is 1. The average Bonchev–Trinajstić information content (AvgIpc) is 2.63. The van der Waals surface area contributed by atoms with Gasteiger partial charge in [-0.3, -0.25) is 14.8 Å². The van der Waals surface area contributed by atoms with Gasteiger partial charge in [0.25, 0.3) is 15.7 Å². The van der Waals surface area contributed by atoms with E-state index >= 15 is 0 Å². The number of nitrogens with zero attached hydrogens (tertiary/aromatic N) is 1. The first kappa shape index (κ1) is 17.4. The van der Waals surface area contributed by atoms with E-state index in [2.05, 4.69) is 10.0 Å². The number of para-hydroxylation sites is 2. The molecule has 3 aromatic carbocycles. The fraction of sp³-hybridized carbons (Fsp3) is 0. The molecule has 132 valence electrons. The van der Waals surface area contributed by atoms with E-state index in [1.165, 1.54) is 18.2 Å². The van der Waals surface area contributed by atoms with Gasteiger partial charge in [0, 0.05) is 23.1 Å². The lowest BCUT2D eigenvalue weighted by molar-refractivity contribution is -0.387. The van der Waals surface area contributed by atoms with Crippen LogP contribution in [0.5, 0.6) is 0 Å². The number of sulfonamides is 1. The second-order valence-corrected chi connectivity index (χ2v) is 7.05. The van der Waals surface area contributed by atoms with Crippen molar-refractivity contribution in [3.05, 3.63) is 89.0 Å². The van der Waals surface area contributed by atoms with Crippen LogP contribution in [0.15, 0.2) is 83.8 Å². The molecule has 2 N–H and O–H groups in total. The number of hydrogen-bond donors (Lipinski definition) is 2. The Kier molecular flexibility index (Phi) is 4.85. The number of anilines is 3. The standard InChI is InChI=1S/C18H15N3O4S/c22-21(23)17-13-16(19-14-7-3-1-4-8-14)11-12-18(17)26(24,25)20-15-9-5-2-6-10-15/h1-13,19-20H. The first-order valence-corrected chi connectivity index (χ1v) is 9.12. The summed E-state index contributed by atoms with van der Waals surface area (Å²) in [6, 6.07) is 21.2. The van der Waals surface area contributed by atoms with Gasteiger partial charge in [0.2, 0.25) is 0 Å².